The molecule has 2 nitrogen and oxygen atoms in total. The van der Waals surface area contributed by atoms with Crippen molar-refractivity contribution in [2.45, 2.75) is 108 Å². The van der Waals surface area contributed by atoms with Crippen LogP contribution in [0.2, 0.25) is 0 Å². The Labute approximate surface area is 342 Å². The second kappa shape index (κ2) is 12.3. The van der Waals surface area contributed by atoms with E-state index in [2.05, 4.69) is 190 Å². The van der Waals surface area contributed by atoms with Crippen LogP contribution in [0.25, 0.3) is 60.7 Å². The Morgan fingerprint density at radius 2 is 1.19 bits per heavy atom. The van der Waals surface area contributed by atoms with Gasteiger partial charge >= 0.3 is 0 Å². The summed E-state index contributed by atoms with van der Waals surface area (Å²) in [5.74, 6) is 1.38. The van der Waals surface area contributed by atoms with Gasteiger partial charge in [0.1, 0.15) is 5.76 Å². The molecular formula is C53H52BNOS. The molecule has 57 heavy (non-hydrogen) atoms. The molecule has 6 aromatic carbocycles. The lowest BCUT2D eigenvalue weighted by atomic mass is 9.35. The molecule has 10 rings (SSSR count). The highest BCUT2D eigenvalue weighted by atomic mass is 32.2. The molecule has 2 aliphatic rings. The van der Waals surface area contributed by atoms with Gasteiger partial charge < -0.3 is 8.98 Å². The van der Waals surface area contributed by atoms with E-state index in [0.717, 1.165) is 17.0 Å². The van der Waals surface area contributed by atoms with Crippen molar-refractivity contribution in [1.82, 2.24) is 4.57 Å². The lowest BCUT2D eigenvalue weighted by Crippen LogP contribution is -2.57. The van der Waals surface area contributed by atoms with Gasteiger partial charge in [0, 0.05) is 42.6 Å². The van der Waals surface area contributed by atoms with Crippen LogP contribution >= 0.6 is 11.8 Å². The lowest BCUT2D eigenvalue weighted by Gasteiger charge is -2.32. The molecule has 0 unspecified atom stereocenters. The van der Waals surface area contributed by atoms with E-state index in [1.54, 1.807) is 0 Å². The van der Waals surface area contributed by atoms with Crippen molar-refractivity contribution in [3.63, 3.8) is 0 Å². The molecule has 0 atom stereocenters. The maximum atomic E-state index is 7.22. The molecule has 0 radical (unpaired) electrons. The molecule has 0 spiro atoms. The summed E-state index contributed by atoms with van der Waals surface area (Å²) in [6, 6.07) is 42.2. The molecule has 0 aliphatic carbocycles. The van der Waals surface area contributed by atoms with Gasteiger partial charge in [-0.2, -0.15) is 0 Å². The van der Waals surface area contributed by atoms with Crippen LogP contribution in [0.5, 0.6) is 0 Å². The van der Waals surface area contributed by atoms with Crippen molar-refractivity contribution < 1.29 is 4.42 Å². The molecule has 4 heterocycles. The summed E-state index contributed by atoms with van der Waals surface area (Å²) in [4.78, 5) is 2.64. The van der Waals surface area contributed by atoms with E-state index in [4.69, 9.17) is 4.42 Å². The first-order valence-corrected chi connectivity index (χ1v) is 21.5. The van der Waals surface area contributed by atoms with Crippen LogP contribution in [-0.2, 0) is 16.2 Å². The SMILES string of the molecule is CC(C)c1cc2c3c(c1)-c1cccc4c(-c5ccc(C(C)(C)C)cc5)oc(c14)B3c1ccc(-n3c4ccc(C(C)(C)C)cc4c4cc(C(C)(C)C)ccc43)cc1S2. The summed E-state index contributed by atoms with van der Waals surface area (Å²) >= 11 is 1.93. The van der Waals surface area contributed by atoms with E-state index in [1.807, 2.05) is 11.8 Å². The molecule has 0 saturated carbocycles. The maximum absolute atomic E-state index is 7.22. The highest BCUT2D eigenvalue weighted by Crippen LogP contribution is 2.45. The van der Waals surface area contributed by atoms with Crippen LogP contribution in [0.1, 0.15) is 104 Å². The molecule has 0 N–H and O–H groups in total. The van der Waals surface area contributed by atoms with Crippen molar-refractivity contribution in [2.24, 2.45) is 0 Å². The van der Waals surface area contributed by atoms with Gasteiger partial charge in [-0.3, -0.25) is 0 Å². The minimum absolute atomic E-state index is 0.00310. The first-order chi connectivity index (χ1) is 27.0. The zero-order valence-electron chi connectivity index (χ0n) is 35.3. The fourth-order valence-corrected chi connectivity index (χ4v) is 10.6. The largest absolute Gasteiger partial charge is 0.469 e. The highest BCUT2D eigenvalue weighted by Gasteiger charge is 2.42. The minimum Gasteiger partial charge on any atom is -0.469 e. The number of aromatic nitrogens is 1. The number of furan rings is 1. The van der Waals surface area contributed by atoms with Crippen molar-refractivity contribution >= 4 is 67.6 Å². The number of benzene rings is 6. The van der Waals surface area contributed by atoms with E-state index in [0.29, 0.717) is 5.92 Å². The molecule has 284 valence electrons. The average molecular weight is 762 g/mol. The minimum atomic E-state index is 0.00310. The van der Waals surface area contributed by atoms with E-state index < -0.39 is 0 Å². The molecular weight excluding hydrogens is 709 g/mol. The molecule has 4 heteroatoms. The quantitative estimate of drug-likeness (QED) is 0.167. The summed E-state index contributed by atoms with van der Waals surface area (Å²) in [5, 5.41) is 5.08. The van der Waals surface area contributed by atoms with Crippen LogP contribution in [-0.4, -0.2) is 11.3 Å². The third-order valence-corrected chi connectivity index (χ3v) is 13.9. The van der Waals surface area contributed by atoms with Gasteiger partial charge in [0.2, 0.25) is 0 Å². The lowest BCUT2D eigenvalue weighted by molar-refractivity contribution is 0.589. The average Bonchev–Trinajstić information content (AvgIpc) is 3.71. The summed E-state index contributed by atoms with van der Waals surface area (Å²) in [7, 11) is 0. The predicted octanol–water partition coefficient (Wildman–Crippen LogP) is 13.2. The Bertz CT molecular complexity index is 2880. The van der Waals surface area contributed by atoms with Crippen LogP contribution in [0.3, 0.4) is 0 Å². The van der Waals surface area contributed by atoms with Gasteiger partial charge in [-0.1, -0.05) is 160 Å². The highest BCUT2D eigenvalue weighted by molar-refractivity contribution is 8.00. The van der Waals surface area contributed by atoms with Gasteiger partial charge in [0.05, 0.1) is 16.7 Å². The Morgan fingerprint density at radius 3 is 1.79 bits per heavy atom. The number of hydrogen-bond donors (Lipinski definition) is 0. The molecule has 2 aromatic heterocycles. The van der Waals surface area contributed by atoms with Crippen LogP contribution in [0, 0.1) is 0 Å². The number of hydrogen-bond acceptors (Lipinski definition) is 2. The number of rotatable bonds is 3. The van der Waals surface area contributed by atoms with Gasteiger partial charge in [-0.15, -0.1) is 0 Å². The monoisotopic (exact) mass is 761 g/mol. The van der Waals surface area contributed by atoms with Gasteiger partial charge in [-0.05, 0) is 103 Å². The van der Waals surface area contributed by atoms with E-state index in [9.17, 15) is 0 Å². The van der Waals surface area contributed by atoms with Crippen LogP contribution < -0.4 is 16.6 Å². The summed E-state index contributed by atoms with van der Waals surface area (Å²) in [6.45, 7) is 25.3. The fourth-order valence-electron chi connectivity index (χ4n) is 9.34. The second-order valence-electron chi connectivity index (χ2n) is 20.0. The zero-order valence-corrected chi connectivity index (χ0v) is 36.1. The Kier molecular flexibility index (Phi) is 7.85. The standard InChI is InChI=1S/C53H52BNOS/c1-30(2)32-25-41-37-13-12-14-38-47(37)50(56-49(38)31-15-17-33(18-16-31)51(3,4)5)54-42-22-21-36(29-45(42)57-46(26-32)48(41)54)55-43-23-19-34(52(6,7)8)27-39(43)40-28-35(53(9,10)11)20-24-44(40)55/h12-30H,1-11H3. The maximum Gasteiger partial charge on any atom is 0.291 e. The third-order valence-electron chi connectivity index (χ3n) is 12.7. The summed E-state index contributed by atoms with van der Waals surface area (Å²) < 4.78 is 9.72. The number of nitrogens with zero attached hydrogens (tertiary/aromatic N) is 1. The van der Waals surface area contributed by atoms with Gasteiger partial charge in [0.15, 0.2) is 0 Å². The predicted molar refractivity (Wildman–Crippen MR) is 247 cm³/mol. The topological polar surface area (TPSA) is 18.1 Å². The smallest absolute Gasteiger partial charge is 0.291 e. The fraction of sp³-hybridized carbons (Fsp3) is 0.283. The first-order valence-electron chi connectivity index (χ1n) is 20.7. The zero-order chi connectivity index (χ0) is 39.9. The molecule has 0 bridgehead atoms. The van der Waals surface area contributed by atoms with Crippen molar-refractivity contribution in [2.75, 3.05) is 0 Å². The Balaban J connectivity index is 1.20. The van der Waals surface area contributed by atoms with Crippen molar-refractivity contribution in [1.29, 1.82) is 0 Å². The van der Waals surface area contributed by atoms with Crippen LogP contribution in [0.15, 0.2) is 123 Å². The Hall–Kier alpha value is -4.93. The molecule has 0 fully saturated rings. The van der Waals surface area contributed by atoms with Gasteiger partial charge in [0.25, 0.3) is 6.71 Å². The normalized spacial score (nSPS) is 13.9. The molecule has 0 saturated heterocycles. The second-order valence-corrected chi connectivity index (χ2v) is 21.1. The molecule has 0 amide bonds. The third kappa shape index (κ3) is 5.61. The first kappa shape index (κ1) is 36.4. The summed E-state index contributed by atoms with van der Waals surface area (Å²) in [5.41, 5.74) is 16.8. The van der Waals surface area contributed by atoms with Crippen molar-refractivity contribution in [3.05, 3.63) is 131 Å². The molecule has 2 aliphatic heterocycles. The van der Waals surface area contributed by atoms with Gasteiger partial charge in [-0.25, -0.2) is 0 Å². The van der Waals surface area contributed by atoms with E-state index >= 15 is 0 Å². The number of fused-ring (bicyclic) bond motifs is 7. The van der Waals surface area contributed by atoms with E-state index in [-0.39, 0.29) is 23.0 Å². The van der Waals surface area contributed by atoms with Crippen LogP contribution in [0.4, 0.5) is 0 Å². The Morgan fingerprint density at radius 1 is 0.579 bits per heavy atom. The van der Waals surface area contributed by atoms with E-state index in [1.165, 1.54) is 92.4 Å². The molecule has 8 aromatic rings. The van der Waals surface area contributed by atoms with Crippen molar-refractivity contribution in [3.8, 4) is 28.1 Å². The summed E-state index contributed by atoms with van der Waals surface area (Å²) in [6.07, 6.45) is 0.